The Morgan fingerprint density at radius 1 is 1.48 bits per heavy atom. The van der Waals surface area contributed by atoms with E-state index < -0.39 is 10.5 Å². The normalized spacial score (nSPS) is 13.4. The number of amides is 1. The van der Waals surface area contributed by atoms with Crippen LogP contribution in [-0.2, 0) is 10.5 Å². The summed E-state index contributed by atoms with van der Waals surface area (Å²) in [7, 11) is 1.40. The van der Waals surface area contributed by atoms with Crippen LogP contribution in [-0.4, -0.2) is 35.8 Å². The zero-order chi connectivity index (χ0) is 19.0. The highest BCUT2D eigenvalue weighted by atomic mass is 32.2. The second kappa shape index (κ2) is 9.62. The number of methoxy groups -OCH3 is 1. The number of hydrogen-bond donors (Lipinski definition) is 2. The number of thioether (sulfide) groups is 1. The fourth-order valence-corrected chi connectivity index (χ4v) is 3.46. The molecule has 0 fully saturated rings. The van der Waals surface area contributed by atoms with Gasteiger partial charge in [-0.15, -0.1) is 11.8 Å². The minimum atomic E-state index is -0.474. The maximum absolute atomic E-state index is 12.1. The first-order chi connectivity index (χ1) is 11.7. The van der Waals surface area contributed by atoms with Crippen LogP contribution >= 0.6 is 11.8 Å². The number of rotatable bonds is 10. The SMILES string of the molecule is COc1ccc(CSCC(=O)NC(C)(CN)CC(C)C)cc1[N+](=O)[O-]. The molecule has 1 aromatic carbocycles. The number of nitrogens with zero attached hydrogens (tertiary/aromatic N) is 1. The first-order valence-corrected chi connectivity index (χ1v) is 9.26. The molecule has 3 N–H and O–H groups in total. The topological polar surface area (TPSA) is 107 Å². The average molecular weight is 369 g/mol. The van der Waals surface area contributed by atoms with Crippen molar-refractivity contribution < 1.29 is 14.5 Å². The van der Waals surface area contributed by atoms with Gasteiger partial charge in [0.1, 0.15) is 0 Å². The zero-order valence-corrected chi connectivity index (χ0v) is 16.0. The van der Waals surface area contributed by atoms with Crippen molar-refractivity contribution in [3.8, 4) is 5.75 Å². The number of ether oxygens (including phenoxy) is 1. The minimum Gasteiger partial charge on any atom is -0.490 e. The van der Waals surface area contributed by atoms with Gasteiger partial charge in [-0.1, -0.05) is 19.9 Å². The van der Waals surface area contributed by atoms with E-state index in [4.69, 9.17) is 10.5 Å². The van der Waals surface area contributed by atoms with Crippen LogP contribution in [0.15, 0.2) is 18.2 Å². The smallest absolute Gasteiger partial charge is 0.311 e. The van der Waals surface area contributed by atoms with Gasteiger partial charge in [0.15, 0.2) is 5.75 Å². The fourth-order valence-electron chi connectivity index (χ4n) is 2.69. The lowest BCUT2D eigenvalue weighted by Gasteiger charge is -2.31. The first kappa shape index (κ1) is 21.2. The molecule has 0 aromatic heterocycles. The van der Waals surface area contributed by atoms with Crippen LogP contribution in [0.5, 0.6) is 5.75 Å². The van der Waals surface area contributed by atoms with Crippen LogP contribution in [0.1, 0.15) is 32.8 Å². The van der Waals surface area contributed by atoms with E-state index in [1.807, 2.05) is 6.92 Å². The summed E-state index contributed by atoms with van der Waals surface area (Å²) < 4.78 is 4.98. The Labute approximate surface area is 152 Å². The Bertz CT molecular complexity index is 610. The highest BCUT2D eigenvalue weighted by molar-refractivity contribution is 7.99. The molecule has 0 bridgehead atoms. The minimum absolute atomic E-state index is 0.0716. The summed E-state index contributed by atoms with van der Waals surface area (Å²) in [5, 5.41) is 14.0. The molecule has 0 saturated heterocycles. The first-order valence-electron chi connectivity index (χ1n) is 8.11. The lowest BCUT2D eigenvalue weighted by Crippen LogP contribution is -2.52. The lowest BCUT2D eigenvalue weighted by molar-refractivity contribution is -0.385. The van der Waals surface area contributed by atoms with Gasteiger partial charge in [0.2, 0.25) is 5.91 Å². The van der Waals surface area contributed by atoms with Gasteiger partial charge in [-0.3, -0.25) is 14.9 Å². The van der Waals surface area contributed by atoms with Crippen molar-refractivity contribution in [1.82, 2.24) is 5.32 Å². The van der Waals surface area contributed by atoms with Gasteiger partial charge in [0, 0.05) is 23.9 Å². The molecule has 0 saturated carbocycles. The summed E-state index contributed by atoms with van der Waals surface area (Å²) in [4.78, 5) is 22.7. The molecule has 0 heterocycles. The third-order valence-corrected chi connectivity index (χ3v) is 4.70. The van der Waals surface area contributed by atoms with E-state index in [9.17, 15) is 14.9 Å². The predicted octanol–water partition coefficient (Wildman–Crippen LogP) is 2.72. The molecule has 0 aliphatic heterocycles. The third kappa shape index (κ3) is 6.91. The van der Waals surface area contributed by atoms with Crippen molar-refractivity contribution in [2.45, 2.75) is 38.5 Å². The Hall–Kier alpha value is -1.80. The molecule has 1 amide bonds. The predicted molar refractivity (Wildman–Crippen MR) is 101 cm³/mol. The van der Waals surface area contributed by atoms with E-state index in [0.717, 1.165) is 12.0 Å². The van der Waals surface area contributed by atoms with Crippen LogP contribution in [0.25, 0.3) is 0 Å². The van der Waals surface area contributed by atoms with Crippen molar-refractivity contribution in [2.24, 2.45) is 11.7 Å². The molecule has 1 aromatic rings. The van der Waals surface area contributed by atoms with Gasteiger partial charge in [0.05, 0.1) is 17.8 Å². The molecule has 0 aliphatic rings. The van der Waals surface area contributed by atoms with Gasteiger partial charge in [-0.2, -0.15) is 0 Å². The second-order valence-corrected chi connectivity index (χ2v) is 7.65. The quantitative estimate of drug-likeness (QED) is 0.485. The summed E-state index contributed by atoms with van der Waals surface area (Å²) in [5.74, 6) is 1.35. The molecule has 25 heavy (non-hydrogen) atoms. The number of nitro benzene ring substituents is 1. The van der Waals surface area contributed by atoms with Crippen LogP contribution < -0.4 is 15.8 Å². The number of nitrogens with one attached hydrogen (secondary N) is 1. The van der Waals surface area contributed by atoms with Crippen molar-refractivity contribution in [1.29, 1.82) is 0 Å². The summed E-state index contributed by atoms with van der Waals surface area (Å²) >= 11 is 1.40. The van der Waals surface area contributed by atoms with Gasteiger partial charge >= 0.3 is 5.69 Å². The monoisotopic (exact) mass is 369 g/mol. The molecular weight excluding hydrogens is 342 g/mol. The third-order valence-electron chi connectivity index (χ3n) is 3.69. The van der Waals surface area contributed by atoms with Gasteiger partial charge in [-0.25, -0.2) is 0 Å². The Balaban J connectivity index is 2.58. The Kier molecular flexibility index (Phi) is 8.18. The van der Waals surface area contributed by atoms with E-state index in [0.29, 0.717) is 18.2 Å². The molecule has 7 nitrogen and oxygen atoms in total. The van der Waals surface area contributed by atoms with Gasteiger partial charge in [0.25, 0.3) is 0 Å². The van der Waals surface area contributed by atoms with Crippen LogP contribution in [0, 0.1) is 16.0 Å². The Morgan fingerprint density at radius 3 is 2.68 bits per heavy atom. The molecule has 0 aliphatic carbocycles. The lowest BCUT2D eigenvalue weighted by atomic mass is 9.91. The maximum Gasteiger partial charge on any atom is 0.311 e. The van der Waals surface area contributed by atoms with Crippen LogP contribution in [0.4, 0.5) is 5.69 Å². The molecule has 0 radical (unpaired) electrons. The van der Waals surface area contributed by atoms with Crippen LogP contribution in [0.2, 0.25) is 0 Å². The summed E-state index contributed by atoms with van der Waals surface area (Å²) in [6, 6.07) is 4.81. The zero-order valence-electron chi connectivity index (χ0n) is 15.2. The van der Waals surface area contributed by atoms with Gasteiger partial charge < -0.3 is 15.8 Å². The largest absolute Gasteiger partial charge is 0.490 e. The van der Waals surface area contributed by atoms with Crippen molar-refractivity contribution in [3.05, 3.63) is 33.9 Å². The molecule has 140 valence electrons. The Morgan fingerprint density at radius 2 is 2.16 bits per heavy atom. The number of benzene rings is 1. The summed E-state index contributed by atoms with van der Waals surface area (Å²) in [5.41, 5.74) is 6.09. The second-order valence-electron chi connectivity index (χ2n) is 6.67. The molecule has 1 rings (SSSR count). The van der Waals surface area contributed by atoms with E-state index in [2.05, 4.69) is 19.2 Å². The van der Waals surface area contributed by atoms with Crippen molar-refractivity contribution in [3.63, 3.8) is 0 Å². The van der Waals surface area contributed by atoms with E-state index in [1.165, 1.54) is 24.9 Å². The maximum atomic E-state index is 12.1. The average Bonchev–Trinajstić information content (AvgIpc) is 2.53. The standard InChI is InChI=1S/C17H27N3O4S/c1-12(2)8-17(3,11-18)19-16(21)10-25-9-13-5-6-15(24-4)14(7-13)20(22)23/h5-7,12H,8-11,18H2,1-4H3,(H,19,21). The highest BCUT2D eigenvalue weighted by Crippen LogP contribution is 2.29. The van der Waals surface area contributed by atoms with Crippen molar-refractivity contribution >= 4 is 23.4 Å². The number of hydrogen-bond acceptors (Lipinski definition) is 6. The molecule has 1 unspecified atom stereocenters. The molecule has 1 atom stereocenters. The van der Waals surface area contributed by atoms with E-state index in [-0.39, 0.29) is 23.1 Å². The summed E-state index contributed by atoms with van der Waals surface area (Å²) in [6.07, 6.45) is 0.810. The fraction of sp³-hybridized carbons (Fsp3) is 0.588. The van der Waals surface area contributed by atoms with Crippen LogP contribution in [0.3, 0.4) is 0 Å². The number of nitro groups is 1. The summed E-state index contributed by atoms with van der Waals surface area (Å²) in [6.45, 7) is 6.51. The number of nitrogens with two attached hydrogens (primary N) is 1. The van der Waals surface area contributed by atoms with Crippen molar-refractivity contribution in [2.75, 3.05) is 19.4 Å². The molecule has 8 heteroatoms. The van der Waals surface area contributed by atoms with Gasteiger partial charge in [-0.05, 0) is 30.9 Å². The number of carbonyl (C=O) groups is 1. The highest BCUT2D eigenvalue weighted by Gasteiger charge is 2.25. The number of carbonyl (C=O) groups excluding carboxylic acids is 1. The van der Waals surface area contributed by atoms with E-state index in [1.54, 1.807) is 12.1 Å². The van der Waals surface area contributed by atoms with E-state index >= 15 is 0 Å². The molecule has 0 spiro atoms. The molecular formula is C17H27N3O4S.